The summed E-state index contributed by atoms with van der Waals surface area (Å²) in [6, 6.07) is 0. The fraction of sp³-hybridized carbons (Fsp3) is 0.857. The number of rotatable bonds is 6. The summed E-state index contributed by atoms with van der Waals surface area (Å²) in [5.41, 5.74) is -1.07. The Bertz CT molecular complexity index is 301. The predicted molar refractivity (Wildman–Crippen MR) is 72.3 cm³/mol. The summed E-state index contributed by atoms with van der Waals surface area (Å²) in [7, 11) is 0. The van der Waals surface area contributed by atoms with Gasteiger partial charge in [-0.2, -0.15) is 0 Å². The first kappa shape index (κ1) is 16.9. The zero-order chi connectivity index (χ0) is 14.6. The van der Waals surface area contributed by atoms with E-state index in [1.165, 1.54) is 0 Å². The minimum absolute atomic E-state index is 0.0433. The van der Waals surface area contributed by atoms with Crippen molar-refractivity contribution in [3.63, 3.8) is 0 Å². The SMILES string of the molecule is CCC(CC)(NC(=O)CC(C)C(C)(C)C)C(=O)O. The lowest BCUT2D eigenvalue weighted by Gasteiger charge is -2.31. The van der Waals surface area contributed by atoms with Crippen molar-refractivity contribution in [3.8, 4) is 0 Å². The Hall–Kier alpha value is -1.06. The zero-order valence-corrected chi connectivity index (χ0v) is 12.5. The average molecular weight is 257 g/mol. The highest BCUT2D eigenvalue weighted by Crippen LogP contribution is 2.28. The summed E-state index contributed by atoms with van der Waals surface area (Å²) >= 11 is 0. The molecule has 0 aromatic rings. The third-order valence-corrected chi connectivity index (χ3v) is 3.97. The number of hydrogen-bond acceptors (Lipinski definition) is 2. The number of amides is 1. The molecule has 1 unspecified atom stereocenters. The van der Waals surface area contributed by atoms with Crippen LogP contribution in [0.25, 0.3) is 0 Å². The van der Waals surface area contributed by atoms with E-state index in [1.54, 1.807) is 13.8 Å². The van der Waals surface area contributed by atoms with Crippen molar-refractivity contribution in [1.29, 1.82) is 0 Å². The standard InChI is InChI=1S/C14H27NO3/c1-7-14(8-2,12(17)18)15-11(16)9-10(3)13(4,5)6/h10H,7-9H2,1-6H3,(H,15,16)(H,17,18). The first-order valence-electron chi connectivity index (χ1n) is 6.63. The fourth-order valence-corrected chi connectivity index (χ4v) is 1.68. The first-order chi connectivity index (χ1) is 8.09. The number of carboxylic acids is 1. The van der Waals surface area contributed by atoms with Gasteiger partial charge in [0.15, 0.2) is 0 Å². The average Bonchev–Trinajstić information content (AvgIpc) is 2.24. The normalized spacial score (nSPS) is 14.1. The van der Waals surface area contributed by atoms with Crippen LogP contribution in [0, 0.1) is 11.3 Å². The van der Waals surface area contributed by atoms with Crippen LogP contribution in [0.1, 0.15) is 60.8 Å². The molecule has 106 valence electrons. The fourth-order valence-electron chi connectivity index (χ4n) is 1.68. The molecule has 0 aliphatic carbocycles. The van der Waals surface area contributed by atoms with Crippen molar-refractivity contribution in [2.75, 3.05) is 0 Å². The van der Waals surface area contributed by atoms with E-state index in [9.17, 15) is 14.7 Å². The lowest BCUT2D eigenvalue weighted by atomic mass is 9.79. The van der Waals surface area contributed by atoms with Crippen LogP contribution < -0.4 is 5.32 Å². The minimum Gasteiger partial charge on any atom is -0.480 e. The molecule has 1 atom stereocenters. The van der Waals surface area contributed by atoms with Crippen LogP contribution in [0.15, 0.2) is 0 Å². The monoisotopic (exact) mass is 257 g/mol. The Morgan fingerprint density at radius 3 is 1.89 bits per heavy atom. The van der Waals surface area contributed by atoms with E-state index in [1.807, 2.05) is 6.92 Å². The Morgan fingerprint density at radius 2 is 1.61 bits per heavy atom. The quantitative estimate of drug-likeness (QED) is 0.769. The summed E-state index contributed by atoms with van der Waals surface area (Å²) in [6.45, 7) is 11.8. The molecule has 0 aromatic heterocycles. The van der Waals surface area contributed by atoms with Crippen molar-refractivity contribution in [2.24, 2.45) is 11.3 Å². The highest BCUT2D eigenvalue weighted by Gasteiger charge is 2.37. The summed E-state index contributed by atoms with van der Waals surface area (Å²) < 4.78 is 0. The third kappa shape index (κ3) is 4.31. The van der Waals surface area contributed by atoms with Crippen molar-refractivity contribution in [3.05, 3.63) is 0 Å². The molecule has 0 spiro atoms. The maximum Gasteiger partial charge on any atom is 0.329 e. The van der Waals surface area contributed by atoms with Crippen LogP contribution in [-0.2, 0) is 9.59 Å². The van der Waals surface area contributed by atoms with Crippen LogP contribution >= 0.6 is 0 Å². The second kappa shape index (κ2) is 6.21. The van der Waals surface area contributed by atoms with Crippen molar-refractivity contribution in [1.82, 2.24) is 5.32 Å². The molecule has 0 rings (SSSR count). The smallest absolute Gasteiger partial charge is 0.329 e. The van der Waals surface area contributed by atoms with Crippen LogP contribution in [0.4, 0.5) is 0 Å². The van der Waals surface area contributed by atoms with Gasteiger partial charge in [0.05, 0.1) is 0 Å². The maximum absolute atomic E-state index is 12.0. The van der Waals surface area contributed by atoms with E-state index in [4.69, 9.17) is 0 Å². The molecule has 18 heavy (non-hydrogen) atoms. The van der Waals surface area contributed by atoms with Gasteiger partial charge in [-0.05, 0) is 24.2 Å². The molecule has 0 aliphatic heterocycles. The molecule has 4 nitrogen and oxygen atoms in total. The molecule has 0 heterocycles. The highest BCUT2D eigenvalue weighted by molar-refractivity contribution is 5.87. The molecule has 0 aromatic carbocycles. The molecular weight excluding hydrogens is 230 g/mol. The lowest BCUT2D eigenvalue weighted by Crippen LogP contribution is -2.54. The van der Waals surface area contributed by atoms with Gasteiger partial charge >= 0.3 is 5.97 Å². The second-order valence-corrected chi connectivity index (χ2v) is 6.11. The summed E-state index contributed by atoms with van der Waals surface area (Å²) in [6.07, 6.45) is 1.15. The molecule has 0 aliphatic rings. The predicted octanol–water partition coefficient (Wildman–Crippen LogP) is 2.82. The van der Waals surface area contributed by atoms with E-state index >= 15 is 0 Å². The molecule has 0 radical (unpaired) electrons. The second-order valence-electron chi connectivity index (χ2n) is 6.11. The number of carboxylic acid groups (broad SMARTS) is 1. The zero-order valence-electron chi connectivity index (χ0n) is 12.5. The molecule has 1 amide bonds. The topological polar surface area (TPSA) is 66.4 Å². The van der Waals surface area contributed by atoms with Crippen LogP contribution in [0.5, 0.6) is 0 Å². The van der Waals surface area contributed by atoms with Gasteiger partial charge in [0.2, 0.25) is 5.91 Å². The highest BCUT2D eigenvalue weighted by atomic mass is 16.4. The van der Waals surface area contributed by atoms with Gasteiger partial charge < -0.3 is 10.4 Å². The Balaban J connectivity index is 4.69. The molecule has 2 N–H and O–H groups in total. The molecule has 0 bridgehead atoms. The van der Waals surface area contributed by atoms with Crippen molar-refractivity contribution in [2.45, 2.75) is 66.3 Å². The number of hydrogen-bond donors (Lipinski definition) is 2. The Labute approximate surface area is 110 Å². The van der Waals surface area contributed by atoms with Crippen LogP contribution in [0.3, 0.4) is 0 Å². The Morgan fingerprint density at radius 1 is 1.17 bits per heavy atom. The number of aliphatic carboxylic acids is 1. The van der Waals surface area contributed by atoms with Gasteiger partial charge in [-0.15, -0.1) is 0 Å². The summed E-state index contributed by atoms with van der Waals surface area (Å²) in [5, 5.41) is 11.9. The number of nitrogens with one attached hydrogen (secondary N) is 1. The number of carbonyl (C=O) groups excluding carboxylic acids is 1. The number of carbonyl (C=O) groups is 2. The van der Waals surface area contributed by atoms with Gasteiger partial charge in [-0.3, -0.25) is 4.79 Å². The summed E-state index contributed by atoms with van der Waals surface area (Å²) in [4.78, 5) is 23.3. The molecular formula is C14H27NO3. The first-order valence-corrected chi connectivity index (χ1v) is 6.63. The maximum atomic E-state index is 12.0. The lowest BCUT2D eigenvalue weighted by molar-refractivity contribution is -0.148. The van der Waals surface area contributed by atoms with E-state index in [0.29, 0.717) is 19.3 Å². The van der Waals surface area contributed by atoms with Crippen LogP contribution in [-0.4, -0.2) is 22.5 Å². The van der Waals surface area contributed by atoms with E-state index in [2.05, 4.69) is 26.1 Å². The third-order valence-electron chi connectivity index (χ3n) is 3.97. The van der Waals surface area contributed by atoms with Gasteiger partial charge in [-0.1, -0.05) is 41.5 Å². The molecule has 4 heteroatoms. The van der Waals surface area contributed by atoms with E-state index in [0.717, 1.165) is 0 Å². The van der Waals surface area contributed by atoms with E-state index < -0.39 is 11.5 Å². The van der Waals surface area contributed by atoms with Gasteiger partial charge in [-0.25, -0.2) is 4.79 Å². The molecule has 0 saturated heterocycles. The van der Waals surface area contributed by atoms with Gasteiger partial charge in [0, 0.05) is 6.42 Å². The largest absolute Gasteiger partial charge is 0.480 e. The summed E-state index contributed by atoms with van der Waals surface area (Å²) in [5.74, 6) is -0.925. The van der Waals surface area contributed by atoms with Crippen molar-refractivity contribution < 1.29 is 14.7 Å². The van der Waals surface area contributed by atoms with Gasteiger partial charge in [0.1, 0.15) is 5.54 Å². The van der Waals surface area contributed by atoms with Crippen molar-refractivity contribution >= 4 is 11.9 Å². The Kier molecular flexibility index (Phi) is 5.84. The minimum atomic E-state index is -1.12. The van der Waals surface area contributed by atoms with Crippen LogP contribution in [0.2, 0.25) is 0 Å². The van der Waals surface area contributed by atoms with E-state index in [-0.39, 0.29) is 17.2 Å². The molecule has 0 fully saturated rings. The van der Waals surface area contributed by atoms with Gasteiger partial charge in [0.25, 0.3) is 0 Å². The molecule has 0 saturated carbocycles.